The van der Waals surface area contributed by atoms with Gasteiger partial charge in [-0.25, -0.2) is 13.9 Å². The Kier molecular flexibility index (Phi) is 7.43. The van der Waals surface area contributed by atoms with Crippen LogP contribution >= 0.6 is 0 Å². The van der Waals surface area contributed by atoms with E-state index in [1.54, 1.807) is 59.4 Å². The number of anilines is 2. The first-order valence-electron chi connectivity index (χ1n) is 11.9. The van der Waals surface area contributed by atoms with Crippen LogP contribution in [0.15, 0.2) is 66.9 Å². The lowest BCUT2D eigenvalue weighted by Crippen LogP contribution is -2.22. The number of nitrogens with one attached hydrogen (secondary N) is 2. The Labute approximate surface area is 219 Å². The maximum absolute atomic E-state index is 14.8. The summed E-state index contributed by atoms with van der Waals surface area (Å²) in [7, 11) is 0. The lowest BCUT2D eigenvalue weighted by Gasteiger charge is -2.14. The maximum Gasteiger partial charge on any atom is 0.324 e. The third-order valence-electron chi connectivity index (χ3n) is 5.35. The highest BCUT2D eigenvalue weighted by Crippen LogP contribution is 2.28. The highest BCUT2D eigenvalue weighted by molar-refractivity contribution is 5.99. The van der Waals surface area contributed by atoms with Gasteiger partial charge in [-0.2, -0.15) is 5.10 Å². The van der Waals surface area contributed by atoms with E-state index < -0.39 is 17.8 Å². The average Bonchev–Trinajstić information content (AvgIpc) is 3.25. The van der Waals surface area contributed by atoms with Crippen molar-refractivity contribution in [1.82, 2.24) is 14.8 Å². The van der Waals surface area contributed by atoms with Crippen LogP contribution < -0.4 is 20.1 Å². The van der Waals surface area contributed by atoms with E-state index in [9.17, 15) is 14.0 Å². The van der Waals surface area contributed by atoms with Gasteiger partial charge in [0, 0.05) is 42.4 Å². The summed E-state index contributed by atoms with van der Waals surface area (Å²) >= 11 is 0. The Bertz CT molecular complexity index is 1480. The number of esters is 1. The summed E-state index contributed by atoms with van der Waals surface area (Å²) in [6.45, 7) is 9.15. The zero-order valence-electron chi connectivity index (χ0n) is 21.7. The monoisotopic (exact) mass is 517 g/mol. The Balaban J connectivity index is 1.52. The van der Waals surface area contributed by atoms with E-state index >= 15 is 0 Å². The van der Waals surface area contributed by atoms with Gasteiger partial charge in [-0.05, 0) is 49.4 Å². The summed E-state index contributed by atoms with van der Waals surface area (Å²) in [4.78, 5) is 28.2. The Hall–Kier alpha value is -4.73. The van der Waals surface area contributed by atoms with Crippen LogP contribution in [0.5, 0.6) is 17.2 Å². The fraction of sp³-hybridized carbons (Fsp3) is 0.214. The SMILES string of the molecule is CC(=O)Oc1ccc(-n2nc(C(C)(C)C)cc2NC(=O)Nc2ccc(Oc3ccnc(C)c3)cc2F)cc1. The van der Waals surface area contributed by atoms with Crippen LogP contribution in [0.1, 0.15) is 39.1 Å². The van der Waals surface area contributed by atoms with Crippen molar-refractivity contribution in [3.63, 3.8) is 0 Å². The van der Waals surface area contributed by atoms with Gasteiger partial charge in [0.1, 0.15) is 28.9 Å². The molecule has 0 aliphatic heterocycles. The number of hydrogen-bond donors (Lipinski definition) is 2. The number of carbonyl (C=O) groups excluding carboxylic acids is 2. The first-order valence-corrected chi connectivity index (χ1v) is 11.9. The number of aryl methyl sites for hydroxylation is 1. The lowest BCUT2D eigenvalue weighted by molar-refractivity contribution is -0.131. The molecule has 2 aromatic carbocycles. The van der Waals surface area contributed by atoms with Gasteiger partial charge in [0.15, 0.2) is 0 Å². The van der Waals surface area contributed by atoms with Crippen molar-refractivity contribution in [2.45, 2.75) is 40.0 Å². The van der Waals surface area contributed by atoms with E-state index in [1.165, 1.54) is 19.1 Å². The van der Waals surface area contributed by atoms with E-state index in [4.69, 9.17) is 9.47 Å². The van der Waals surface area contributed by atoms with Crippen LogP contribution in [0.2, 0.25) is 0 Å². The van der Waals surface area contributed by atoms with Crippen LogP contribution in [0.4, 0.5) is 20.7 Å². The van der Waals surface area contributed by atoms with Gasteiger partial charge in [-0.15, -0.1) is 0 Å². The summed E-state index contributed by atoms with van der Waals surface area (Å²) < 4.78 is 27.1. The molecule has 4 rings (SSSR count). The number of rotatable bonds is 6. The number of amides is 2. The van der Waals surface area contributed by atoms with E-state index in [0.29, 0.717) is 23.0 Å². The smallest absolute Gasteiger partial charge is 0.324 e. The van der Waals surface area contributed by atoms with E-state index in [-0.39, 0.29) is 16.9 Å². The molecule has 0 aliphatic rings. The molecule has 2 aromatic heterocycles. The van der Waals surface area contributed by atoms with Crippen molar-refractivity contribution < 1.29 is 23.5 Å². The third-order valence-corrected chi connectivity index (χ3v) is 5.35. The number of carbonyl (C=O) groups is 2. The van der Waals surface area contributed by atoms with Crippen LogP contribution in [0, 0.1) is 12.7 Å². The van der Waals surface area contributed by atoms with Gasteiger partial charge >= 0.3 is 12.0 Å². The summed E-state index contributed by atoms with van der Waals surface area (Å²) in [6.07, 6.45) is 1.60. The molecule has 196 valence electrons. The zero-order valence-corrected chi connectivity index (χ0v) is 21.7. The molecule has 0 saturated carbocycles. The second-order valence-electron chi connectivity index (χ2n) is 9.62. The van der Waals surface area contributed by atoms with Crippen molar-refractivity contribution in [3.8, 4) is 22.9 Å². The topological polar surface area (TPSA) is 107 Å². The fourth-order valence-electron chi connectivity index (χ4n) is 3.50. The molecule has 4 aromatic rings. The highest BCUT2D eigenvalue weighted by atomic mass is 19.1. The lowest BCUT2D eigenvalue weighted by atomic mass is 9.92. The van der Waals surface area contributed by atoms with Crippen molar-refractivity contribution in [2.75, 3.05) is 10.6 Å². The molecule has 0 spiro atoms. The molecule has 0 atom stereocenters. The molecular weight excluding hydrogens is 489 g/mol. The molecular formula is C28H28FN5O4. The number of nitrogens with zero attached hydrogens (tertiary/aromatic N) is 3. The van der Waals surface area contributed by atoms with Crippen molar-refractivity contribution >= 4 is 23.5 Å². The summed E-state index contributed by atoms with van der Waals surface area (Å²) in [6, 6.07) is 15.4. The fourth-order valence-corrected chi connectivity index (χ4v) is 3.50. The van der Waals surface area contributed by atoms with Gasteiger partial charge in [0.25, 0.3) is 0 Å². The number of hydrogen-bond acceptors (Lipinski definition) is 6. The predicted molar refractivity (Wildman–Crippen MR) is 142 cm³/mol. The Morgan fingerprint density at radius 2 is 1.61 bits per heavy atom. The number of pyridine rings is 1. The number of halogens is 1. The number of ether oxygens (including phenoxy) is 2. The molecule has 0 unspecified atom stereocenters. The molecule has 10 heteroatoms. The number of benzene rings is 2. The largest absolute Gasteiger partial charge is 0.457 e. The first kappa shape index (κ1) is 26.3. The summed E-state index contributed by atoms with van der Waals surface area (Å²) in [5.74, 6) is 0.488. The highest BCUT2D eigenvalue weighted by Gasteiger charge is 2.22. The van der Waals surface area contributed by atoms with E-state index in [0.717, 1.165) is 11.4 Å². The van der Waals surface area contributed by atoms with Gasteiger partial charge in [-0.3, -0.25) is 15.1 Å². The molecule has 2 amide bonds. The van der Waals surface area contributed by atoms with Crippen LogP contribution in [0.3, 0.4) is 0 Å². The van der Waals surface area contributed by atoms with E-state index in [2.05, 4.69) is 20.7 Å². The Morgan fingerprint density at radius 3 is 2.24 bits per heavy atom. The molecule has 0 aliphatic carbocycles. The molecule has 0 fully saturated rings. The van der Waals surface area contributed by atoms with Crippen LogP contribution in [-0.4, -0.2) is 26.8 Å². The predicted octanol–water partition coefficient (Wildman–Crippen LogP) is 6.37. The minimum Gasteiger partial charge on any atom is -0.457 e. The van der Waals surface area contributed by atoms with Gasteiger partial charge in [-0.1, -0.05) is 20.8 Å². The normalized spacial score (nSPS) is 11.1. The molecule has 0 radical (unpaired) electrons. The molecule has 0 saturated heterocycles. The quantitative estimate of drug-likeness (QED) is 0.227. The van der Waals surface area contributed by atoms with Crippen molar-refractivity contribution in [2.24, 2.45) is 0 Å². The van der Waals surface area contributed by atoms with Gasteiger partial charge in [0.05, 0.1) is 17.1 Å². The van der Waals surface area contributed by atoms with Crippen LogP contribution in [-0.2, 0) is 10.2 Å². The van der Waals surface area contributed by atoms with Gasteiger partial charge in [0.2, 0.25) is 0 Å². The van der Waals surface area contributed by atoms with Crippen molar-refractivity contribution in [1.29, 1.82) is 0 Å². The molecule has 9 nitrogen and oxygen atoms in total. The molecule has 2 N–H and O–H groups in total. The Morgan fingerprint density at radius 1 is 0.921 bits per heavy atom. The summed E-state index contributed by atoms with van der Waals surface area (Å²) in [5, 5.41) is 9.92. The van der Waals surface area contributed by atoms with E-state index in [1.807, 2.05) is 27.7 Å². The van der Waals surface area contributed by atoms with Crippen molar-refractivity contribution in [3.05, 3.63) is 84.1 Å². The minimum atomic E-state index is -0.659. The maximum atomic E-state index is 14.8. The third kappa shape index (κ3) is 6.52. The summed E-state index contributed by atoms with van der Waals surface area (Å²) in [5.41, 5.74) is 1.81. The van der Waals surface area contributed by atoms with Gasteiger partial charge < -0.3 is 14.8 Å². The second kappa shape index (κ2) is 10.7. The first-order chi connectivity index (χ1) is 18.0. The van der Waals surface area contributed by atoms with Crippen LogP contribution in [0.25, 0.3) is 5.69 Å². The zero-order chi connectivity index (χ0) is 27.4. The minimum absolute atomic E-state index is 0.0198. The number of urea groups is 1. The second-order valence-corrected chi connectivity index (χ2v) is 9.62. The molecule has 38 heavy (non-hydrogen) atoms. The number of aromatic nitrogens is 3. The standard InChI is InChI=1S/C28H28FN5O4/c1-17-14-22(12-13-30-17)38-21-10-11-24(23(29)15-21)31-27(36)32-26-16-25(28(3,4)5)33-34(26)19-6-8-20(9-7-19)37-18(2)35/h6-16H,1-5H3,(H2,31,32,36). The average molecular weight is 518 g/mol. The molecule has 0 bridgehead atoms. The molecule has 2 heterocycles.